The van der Waals surface area contributed by atoms with Crippen LogP contribution in [-0.4, -0.2) is 28.6 Å². The number of ether oxygens (including phenoxy) is 1. The third-order valence-corrected chi connectivity index (χ3v) is 3.63. The molecule has 0 fully saturated rings. The third-order valence-electron chi connectivity index (χ3n) is 3.63. The summed E-state index contributed by atoms with van der Waals surface area (Å²) in [7, 11) is 0. The van der Waals surface area contributed by atoms with Gasteiger partial charge in [0, 0.05) is 10.9 Å². The van der Waals surface area contributed by atoms with Crippen LogP contribution in [0.2, 0.25) is 0 Å². The van der Waals surface area contributed by atoms with E-state index in [1.165, 1.54) is 0 Å². The van der Waals surface area contributed by atoms with E-state index in [0.717, 1.165) is 0 Å². The molecule has 1 aromatic heterocycles. The first kappa shape index (κ1) is 17.2. The number of hydrogen-bond acceptors (Lipinski definition) is 5. The number of aromatic nitrogens is 2. The van der Waals surface area contributed by atoms with E-state index in [1.54, 1.807) is 48.5 Å². The van der Waals surface area contributed by atoms with Gasteiger partial charge in [0.2, 0.25) is 0 Å². The maximum absolute atomic E-state index is 12.3. The minimum atomic E-state index is -0.642. The van der Waals surface area contributed by atoms with Crippen molar-refractivity contribution in [3.63, 3.8) is 0 Å². The van der Waals surface area contributed by atoms with Gasteiger partial charge in [0.15, 0.2) is 5.69 Å². The Bertz CT molecular complexity index is 1010. The van der Waals surface area contributed by atoms with Crippen molar-refractivity contribution in [3.05, 3.63) is 70.1 Å². The van der Waals surface area contributed by atoms with Crippen LogP contribution in [-0.2, 0) is 0 Å². The van der Waals surface area contributed by atoms with E-state index in [9.17, 15) is 14.4 Å². The fourth-order valence-electron chi connectivity index (χ4n) is 2.40. The van der Waals surface area contributed by atoms with Crippen LogP contribution in [0.5, 0.6) is 5.75 Å². The molecule has 0 saturated carbocycles. The van der Waals surface area contributed by atoms with E-state index in [2.05, 4.69) is 21.0 Å². The number of aromatic amines is 1. The van der Waals surface area contributed by atoms with E-state index in [4.69, 9.17) is 4.74 Å². The number of benzene rings is 2. The van der Waals surface area contributed by atoms with Crippen LogP contribution in [0.15, 0.2) is 53.3 Å². The van der Waals surface area contributed by atoms with Crippen LogP contribution < -0.4 is 21.1 Å². The van der Waals surface area contributed by atoms with Gasteiger partial charge in [-0.2, -0.15) is 5.10 Å². The molecule has 8 nitrogen and oxygen atoms in total. The monoisotopic (exact) mass is 352 g/mol. The van der Waals surface area contributed by atoms with Crippen LogP contribution in [0.3, 0.4) is 0 Å². The number of nitrogens with zero attached hydrogens (tertiary/aromatic N) is 1. The Morgan fingerprint density at radius 3 is 2.35 bits per heavy atom. The number of hydrazine groups is 1. The van der Waals surface area contributed by atoms with Gasteiger partial charge in [0.1, 0.15) is 5.75 Å². The lowest BCUT2D eigenvalue weighted by molar-refractivity contribution is 0.0844. The second-order valence-corrected chi connectivity index (χ2v) is 5.31. The topological polar surface area (TPSA) is 113 Å². The summed E-state index contributed by atoms with van der Waals surface area (Å²) in [4.78, 5) is 36.2. The standard InChI is InChI=1S/C18H16N4O4/c1-2-26-12-9-7-11(8-10-12)16(23)20-22-18(25)15-13-5-3-4-6-14(13)17(24)21-19-15/h3-10H,2H2,1H3,(H,20,23)(H,21,24)(H,22,25). The third kappa shape index (κ3) is 3.54. The van der Waals surface area contributed by atoms with Crippen molar-refractivity contribution >= 4 is 22.6 Å². The first-order valence-electron chi connectivity index (χ1n) is 7.91. The van der Waals surface area contributed by atoms with Crippen molar-refractivity contribution in [2.24, 2.45) is 0 Å². The van der Waals surface area contributed by atoms with E-state index in [1.807, 2.05) is 6.92 Å². The highest BCUT2D eigenvalue weighted by atomic mass is 16.5. The molecule has 26 heavy (non-hydrogen) atoms. The van der Waals surface area contributed by atoms with E-state index in [0.29, 0.717) is 28.7 Å². The van der Waals surface area contributed by atoms with Crippen LogP contribution in [0.4, 0.5) is 0 Å². The van der Waals surface area contributed by atoms with Crippen LogP contribution >= 0.6 is 0 Å². The number of fused-ring (bicyclic) bond motifs is 1. The Kier molecular flexibility index (Phi) is 4.93. The van der Waals surface area contributed by atoms with E-state index < -0.39 is 17.4 Å². The zero-order chi connectivity index (χ0) is 18.5. The SMILES string of the molecule is CCOc1ccc(C(=O)NNC(=O)c2n[nH]c(=O)c3ccccc23)cc1. The molecular formula is C18H16N4O4. The van der Waals surface area contributed by atoms with Crippen LogP contribution in [0.1, 0.15) is 27.8 Å². The molecule has 2 aromatic carbocycles. The lowest BCUT2D eigenvalue weighted by Gasteiger charge is -2.09. The second-order valence-electron chi connectivity index (χ2n) is 5.31. The van der Waals surface area contributed by atoms with Gasteiger partial charge in [-0.05, 0) is 37.3 Å². The molecule has 0 aliphatic rings. The van der Waals surface area contributed by atoms with Gasteiger partial charge in [-0.3, -0.25) is 25.2 Å². The maximum Gasteiger partial charge on any atom is 0.290 e. The summed E-state index contributed by atoms with van der Waals surface area (Å²) in [6.07, 6.45) is 0. The number of hydrogen-bond donors (Lipinski definition) is 3. The molecule has 3 N–H and O–H groups in total. The predicted octanol–water partition coefficient (Wildman–Crippen LogP) is 1.40. The molecular weight excluding hydrogens is 336 g/mol. The molecule has 8 heteroatoms. The predicted molar refractivity (Wildman–Crippen MR) is 94.9 cm³/mol. The molecule has 0 aliphatic heterocycles. The fourth-order valence-corrected chi connectivity index (χ4v) is 2.40. The zero-order valence-corrected chi connectivity index (χ0v) is 13.9. The van der Waals surface area contributed by atoms with Crippen molar-refractivity contribution in [3.8, 4) is 5.75 Å². The molecule has 0 spiro atoms. The van der Waals surface area contributed by atoms with Gasteiger partial charge >= 0.3 is 0 Å². The highest BCUT2D eigenvalue weighted by Gasteiger charge is 2.15. The minimum absolute atomic E-state index is 0.00666. The molecule has 0 aliphatic carbocycles. The summed E-state index contributed by atoms with van der Waals surface area (Å²) in [6, 6.07) is 13.1. The van der Waals surface area contributed by atoms with Crippen molar-refractivity contribution in [2.75, 3.05) is 6.61 Å². The van der Waals surface area contributed by atoms with Gasteiger partial charge in [-0.1, -0.05) is 18.2 Å². The maximum atomic E-state index is 12.3. The van der Waals surface area contributed by atoms with E-state index in [-0.39, 0.29) is 5.69 Å². The summed E-state index contributed by atoms with van der Waals surface area (Å²) in [6.45, 7) is 2.40. The number of carbonyl (C=O) groups is 2. The largest absolute Gasteiger partial charge is 0.494 e. The summed E-state index contributed by atoms with van der Waals surface area (Å²) in [5, 5.41) is 6.77. The number of rotatable bonds is 4. The molecule has 0 unspecified atom stereocenters. The highest BCUT2D eigenvalue weighted by molar-refractivity contribution is 6.05. The molecule has 1 heterocycles. The molecule has 0 bridgehead atoms. The molecule has 0 radical (unpaired) electrons. The Balaban J connectivity index is 1.72. The first-order valence-corrected chi connectivity index (χ1v) is 7.91. The normalized spacial score (nSPS) is 10.3. The Morgan fingerprint density at radius 2 is 1.65 bits per heavy atom. The average molecular weight is 352 g/mol. The smallest absolute Gasteiger partial charge is 0.290 e. The molecule has 3 rings (SSSR count). The van der Waals surface area contributed by atoms with Gasteiger partial charge in [-0.15, -0.1) is 0 Å². The lowest BCUT2D eigenvalue weighted by atomic mass is 10.1. The van der Waals surface area contributed by atoms with E-state index >= 15 is 0 Å². The quantitative estimate of drug-likeness (QED) is 0.614. The van der Waals surface area contributed by atoms with Crippen molar-refractivity contribution < 1.29 is 14.3 Å². The summed E-state index contributed by atoms with van der Waals surface area (Å²) < 4.78 is 5.31. The number of nitrogens with one attached hydrogen (secondary N) is 3. The van der Waals surface area contributed by atoms with Crippen molar-refractivity contribution in [1.29, 1.82) is 0 Å². The van der Waals surface area contributed by atoms with Crippen LogP contribution in [0, 0.1) is 0 Å². The van der Waals surface area contributed by atoms with Crippen molar-refractivity contribution in [2.45, 2.75) is 6.92 Å². The van der Waals surface area contributed by atoms with Gasteiger partial charge in [-0.25, -0.2) is 5.10 Å². The molecule has 3 aromatic rings. The van der Waals surface area contributed by atoms with Gasteiger partial charge in [0.25, 0.3) is 17.4 Å². The molecule has 2 amide bonds. The summed E-state index contributed by atoms with van der Waals surface area (Å²) in [5.41, 5.74) is 4.58. The lowest BCUT2D eigenvalue weighted by Crippen LogP contribution is -2.42. The second kappa shape index (κ2) is 7.47. The average Bonchev–Trinajstić information content (AvgIpc) is 2.67. The fraction of sp³-hybridized carbons (Fsp3) is 0.111. The number of carbonyl (C=O) groups excluding carboxylic acids is 2. The van der Waals surface area contributed by atoms with Crippen molar-refractivity contribution in [1.82, 2.24) is 21.0 Å². The zero-order valence-electron chi connectivity index (χ0n) is 13.9. The minimum Gasteiger partial charge on any atom is -0.494 e. The highest BCUT2D eigenvalue weighted by Crippen LogP contribution is 2.13. The Labute approximate surface area is 148 Å². The summed E-state index contributed by atoms with van der Waals surface area (Å²) >= 11 is 0. The molecule has 0 atom stereocenters. The first-order chi connectivity index (χ1) is 12.6. The summed E-state index contributed by atoms with van der Waals surface area (Å²) in [5.74, 6) is -0.483. The number of amides is 2. The Hall–Kier alpha value is -3.68. The van der Waals surface area contributed by atoms with Gasteiger partial charge < -0.3 is 4.74 Å². The van der Waals surface area contributed by atoms with Crippen LogP contribution in [0.25, 0.3) is 10.8 Å². The Morgan fingerprint density at radius 1 is 1.00 bits per heavy atom. The van der Waals surface area contributed by atoms with Gasteiger partial charge in [0.05, 0.1) is 12.0 Å². The number of H-pyrrole nitrogens is 1. The molecule has 0 saturated heterocycles. The molecule has 132 valence electrons.